The van der Waals surface area contributed by atoms with E-state index in [2.05, 4.69) is 40.1 Å². The lowest BCUT2D eigenvalue weighted by molar-refractivity contribution is 0.0264. The zero-order valence-corrected chi connectivity index (χ0v) is 10.9. The minimum Gasteiger partial charge on any atom is -0.313 e. The number of rotatable bonds is 1. The van der Waals surface area contributed by atoms with E-state index in [1.165, 1.54) is 19.3 Å². The van der Waals surface area contributed by atoms with Crippen molar-refractivity contribution < 1.29 is 0 Å². The van der Waals surface area contributed by atoms with Crippen LogP contribution in [0.1, 0.15) is 47.0 Å². The van der Waals surface area contributed by atoms with E-state index in [4.69, 9.17) is 0 Å². The lowest BCUT2D eigenvalue weighted by Gasteiger charge is -2.52. The van der Waals surface area contributed by atoms with Crippen molar-refractivity contribution in [2.24, 2.45) is 16.7 Å². The summed E-state index contributed by atoms with van der Waals surface area (Å²) in [6.07, 6.45) is 4.29. The monoisotopic (exact) mass is 217 g/mol. The molecule has 0 saturated heterocycles. The first-order valence-corrected chi connectivity index (χ1v) is 5.56. The fourth-order valence-corrected chi connectivity index (χ4v) is 4.12. The summed E-state index contributed by atoms with van der Waals surface area (Å²) in [6.45, 7) is 9.78. The van der Waals surface area contributed by atoms with E-state index < -0.39 is 0 Å². The molecule has 2 aliphatic carbocycles. The van der Waals surface area contributed by atoms with Gasteiger partial charge in [-0.1, -0.05) is 20.8 Å². The second kappa shape index (κ2) is 3.12. The van der Waals surface area contributed by atoms with Gasteiger partial charge < -0.3 is 5.32 Å². The predicted octanol–water partition coefficient (Wildman–Crippen LogP) is 3.23. The van der Waals surface area contributed by atoms with Crippen molar-refractivity contribution in [3.05, 3.63) is 0 Å². The molecule has 0 aromatic heterocycles. The zero-order chi connectivity index (χ0) is 9.91. The molecule has 2 saturated carbocycles. The van der Waals surface area contributed by atoms with E-state index >= 15 is 0 Å². The number of fused-ring (bicyclic) bond motifs is 2. The Kier molecular flexibility index (Phi) is 2.74. The molecule has 84 valence electrons. The van der Waals surface area contributed by atoms with Gasteiger partial charge in [-0.05, 0) is 50.0 Å². The van der Waals surface area contributed by atoms with Crippen LogP contribution < -0.4 is 5.32 Å². The van der Waals surface area contributed by atoms with Gasteiger partial charge in [-0.25, -0.2) is 0 Å². The van der Waals surface area contributed by atoms with Gasteiger partial charge in [0, 0.05) is 5.54 Å². The van der Waals surface area contributed by atoms with Crippen molar-refractivity contribution in [1.82, 2.24) is 5.32 Å². The third kappa shape index (κ3) is 1.06. The van der Waals surface area contributed by atoms with Crippen LogP contribution in [0.5, 0.6) is 0 Å². The summed E-state index contributed by atoms with van der Waals surface area (Å²) in [7, 11) is 2.13. The molecule has 0 unspecified atom stereocenters. The first kappa shape index (κ1) is 12.3. The number of hydrogen-bond acceptors (Lipinski definition) is 1. The van der Waals surface area contributed by atoms with Crippen molar-refractivity contribution in [3.63, 3.8) is 0 Å². The highest BCUT2D eigenvalue weighted by Gasteiger charge is 2.65. The third-order valence-corrected chi connectivity index (χ3v) is 5.76. The molecule has 1 N–H and O–H groups in total. The summed E-state index contributed by atoms with van der Waals surface area (Å²) in [6, 6.07) is 0. The van der Waals surface area contributed by atoms with Gasteiger partial charge >= 0.3 is 0 Å². The SMILES string of the molecule is CN[C@]1(C)C(C)(C)[C@H]2CC[C@]1(C)C2.Cl. The van der Waals surface area contributed by atoms with E-state index in [0.717, 1.165) is 5.92 Å². The van der Waals surface area contributed by atoms with Crippen LogP contribution in [0.15, 0.2) is 0 Å². The van der Waals surface area contributed by atoms with Crippen LogP contribution in [0.2, 0.25) is 0 Å². The van der Waals surface area contributed by atoms with Crippen molar-refractivity contribution in [3.8, 4) is 0 Å². The summed E-state index contributed by atoms with van der Waals surface area (Å²) < 4.78 is 0. The van der Waals surface area contributed by atoms with Crippen LogP contribution >= 0.6 is 12.4 Å². The molecule has 0 radical (unpaired) electrons. The number of hydrogen-bond donors (Lipinski definition) is 1. The average molecular weight is 218 g/mol. The van der Waals surface area contributed by atoms with Gasteiger partial charge in [0.05, 0.1) is 0 Å². The highest BCUT2D eigenvalue weighted by atomic mass is 35.5. The summed E-state index contributed by atoms with van der Waals surface area (Å²) in [5.74, 6) is 0.940. The largest absolute Gasteiger partial charge is 0.313 e. The molecule has 0 spiro atoms. The van der Waals surface area contributed by atoms with Crippen LogP contribution in [0.25, 0.3) is 0 Å². The lowest BCUT2D eigenvalue weighted by Crippen LogP contribution is -2.60. The van der Waals surface area contributed by atoms with E-state index in [-0.39, 0.29) is 12.4 Å². The number of halogens is 1. The average Bonchev–Trinajstić information content (AvgIpc) is 2.51. The van der Waals surface area contributed by atoms with E-state index in [1.54, 1.807) is 0 Å². The van der Waals surface area contributed by atoms with Gasteiger partial charge in [-0.2, -0.15) is 0 Å². The molecule has 2 bridgehead atoms. The quantitative estimate of drug-likeness (QED) is 0.711. The van der Waals surface area contributed by atoms with Gasteiger partial charge in [-0.3, -0.25) is 0 Å². The highest BCUT2D eigenvalue weighted by Crippen LogP contribution is 2.67. The molecular formula is C12H24ClN. The Morgan fingerprint density at radius 1 is 1.14 bits per heavy atom. The van der Waals surface area contributed by atoms with Gasteiger partial charge in [0.25, 0.3) is 0 Å². The molecule has 14 heavy (non-hydrogen) atoms. The van der Waals surface area contributed by atoms with Gasteiger partial charge in [-0.15, -0.1) is 12.4 Å². The molecule has 2 rings (SSSR count). The predicted molar refractivity (Wildman–Crippen MR) is 63.9 cm³/mol. The molecule has 0 amide bonds. The normalized spacial score (nSPS) is 49.1. The van der Waals surface area contributed by atoms with E-state index in [1.807, 2.05) is 0 Å². The molecule has 1 nitrogen and oxygen atoms in total. The highest BCUT2D eigenvalue weighted by molar-refractivity contribution is 5.85. The Labute approximate surface area is 94.4 Å². The minimum absolute atomic E-state index is 0. The minimum atomic E-state index is 0. The topological polar surface area (TPSA) is 12.0 Å². The molecular weight excluding hydrogens is 194 g/mol. The Morgan fingerprint density at radius 2 is 1.71 bits per heavy atom. The van der Waals surface area contributed by atoms with Crippen LogP contribution in [-0.4, -0.2) is 12.6 Å². The van der Waals surface area contributed by atoms with E-state index in [0.29, 0.717) is 16.4 Å². The van der Waals surface area contributed by atoms with Crippen molar-refractivity contribution in [2.45, 2.75) is 52.5 Å². The molecule has 3 atom stereocenters. The molecule has 2 aliphatic rings. The van der Waals surface area contributed by atoms with Crippen molar-refractivity contribution >= 4 is 12.4 Å². The first-order chi connectivity index (χ1) is 5.87. The second-order valence-electron chi connectivity index (χ2n) is 6.10. The molecule has 0 heterocycles. The third-order valence-electron chi connectivity index (χ3n) is 5.76. The summed E-state index contributed by atoms with van der Waals surface area (Å²) in [4.78, 5) is 0. The van der Waals surface area contributed by atoms with Crippen LogP contribution in [0, 0.1) is 16.7 Å². The lowest BCUT2D eigenvalue weighted by atomic mass is 9.59. The van der Waals surface area contributed by atoms with E-state index in [9.17, 15) is 0 Å². The van der Waals surface area contributed by atoms with Crippen molar-refractivity contribution in [1.29, 1.82) is 0 Å². The maximum Gasteiger partial charge on any atom is 0.0257 e. The molecule has 2 fully saturated rings. The Morgan fingerprint density at radius 3 is 2.00 bits per heavy atom. The van der Waals surface area contributed by atoms with Gasteiger partial charge in [0.15, 0.2) is 0 Å². The molecule has 0 aliphatic heterocycles. The second-order valence-corrected chi connectivity index (χ2v) is 6.10. The molecule has 2 heteroatoms. The molecule has 0 aromatic carbocycles. The summed E-state index contributed by atoms with van der Waals surface area (Å²) in [5, 5.41) is 3.60. The zero-order valence-electron chi connectivity index (χ0n) is 10.1. The van der Waals surface area contributed by atoms with Gasteiger partial charge in [0.2, 0.25) is 0 Å². The van der Waals surface area contributed by atoms with Crippen LogP contribution in [-0.2, 0) is 0 Å². The molecule has 0 aromatic rings. The van der Waals surface area contributed by atoms with Crippen LogP contribution in [0.4, 0.5) is 0 Å². The summed E-state index contributed by atoms with van der Waals surface area (Å²) in [5.41, 5.74) is 1.34. The fourth-order valence-electron chi connectivity index (χ4n) is 4.12. The standard InChI is InChI=1S/C12H23N.ClH/c1-10(2)9-6-7-11(3,8-9)12(10,4)13-5;/h9,13H,6-8H2,1-5H3;1H/t9-,11+,12+;/m0./s1. The van der Waals surface area contributed by atoms with Crippen molar-refractivity contribution in [2.75, 3.05) is 7.05 Å². The smallest absolute Gasteiger partial charge is 0.0257 e. The Bertz CT molecular complexity index is 232. The van der Waals surface area contributed by atoms with Gasteiger partial charge in [0.1, 0.15) is 0 Å². The summed E-state index contributed by atoms with van der Waals surface area (Å²) >= 11 is 0. The fraction of sp³-hybridized carbons (Fsp3) is 1.00. The Balaban J connectivity index is 0.000000980. The first-order valence-electron chi connectivity index (χ1n) is 5.56. The van der Waals surface area contributed by atoms with Crippen LogP contribution in [0.3, 0.4) is 0 Å². The number of nitrogens with one attached hydrogen (secondary N) is 1. The maximum absolute atomic E-state index is 3.60. The maximum atomic E-state index is 3.60. The Hall–Kier alpha value is 0.250.